The number of carbonyl (C=O) groups excluding carboxylic acids is 1. The second-order valence-electron chi connectivity index (χ2n) is 4.99. The van der Waals surface area contributed by atoms with Gasteiger partial charge in [0.25, 0.3) is 5.91 Å². The lowest BCUT2D eigenvalue weighted by molar-refractivity contribution is 0.102. The predicted molar refractivity (Wildman–Crippen MR) is 89.9 cm³/mol. The second kappa shape index (κ2) is 7.22. The Labute approximate surface area is 133 Å². The van der Waals surface area contributed by atoms with Crippen molar-refractivity contribution < 1.29 is 13.7 Å². The Morgan fingerprint density at radius 3 is 2.64 bits per heavy atom. The molecule has 1 N–H and O–H groups in total. The number of hydrogen-bond donors (Lipinski definition) is 1. The van der Waals surface area contributed by atoms with Crippen LogP contribution in [0, 0.1) is 6.92 Å². The van der Waals surface area contributed by atoms with E-state index in [-0.39, 0.29) is 5.91 Å². The van der Waals surface area contributed by atoms with Crippen LogP contribution in [0.15, 0.2) is 42.5 Å². The first-order chi connectivity index (χ1) is 10.5. The number of ether oxygens (including phenoxy) is 1. The van der Waals surface area contributed by atoms with Gasteiger partial charge in [0.05, 0.1) is 7.11 Å². The van der Waals surface area contributed by atoms with Gasteiger partial charge in [0.15, 0.2) is 0 Å². The number of rotatable bonds is 5. The normalized spacial score (nSPS) is 11.8. The minimum Gasteiger partial charge on any atom is -0.497 e. The van der Waals surface area contributed by atoms with Gasteiger partial charge in [-0.05, 0) is 42.3 Å². The van der Waals surface area contributed by atoms with Crippen LogP contribution in [0.3, 0.4) is 0 Å². The molecule has 2 aromatic carbocycles. The van der Waals surface area contributed by atoms with Gasteiger partial charge in [-0.25, -0.2) is 0 Å². The molecule has 0 saturated carbocycles. The maximum absolute atomic E-state index is 12.3. The Kier molecular flexibility index (Phi) is 5.33. The molecule has 116 valence electrons. The van der Waals surface area contributed by atoms with E-state index in [0.29, 0.717) is 17.1 Å². The smallest absolute Gasteiger partial charge is 0.255 e. The zero-order chi connectivity index (χ0) is 16.1. The summed E-state index contributed by atoms with van der Waals surface area (Å²) in [5.41, 5.74) is 3.18. The highest BCUT2D eigenvalue weighted by Crippen LogP contribution is 2.21. The molecule has 0 fully saturated rings. The molecule has 0 aromatic heterocycles. The van der Waals surface area contributed by atoms with Gasteiger partial charge in [-0.1, -0.05) is 18.2 Å². The Morgan fingerprint density at radius 2 is 1.95 bits per heavy atom. The average molecular weight is 317 g/mol. The first-order valence-electron chi connectivity index (χ1n) is 6.85. The van der Waals surface area contributed by atoms with Crippen molar-refractivity contribution in [3.05, 3.63) is 59.2 Å². The van der Waals surface area contributed by atoms with Crippen LogP contribution in [0.25, 0.3) is 0 Å². The summed E-state index contributed by atoms with van der Waals surface area (Å²) in [6, 6.07) is 12.6. The van der Waals surface area contributed by atoms with Crippen molar-refractivity contribution in [3.63, 3.8) is 0 Å². The van der Waals surface area contributed by atoms with Crippen LogP contribution in [-0.2, 0) is 16.6 Å². The van der Waals surface area contributed by atoms with Gasteiger partial charge in [0.1, 0.15) is 5.75 Å². The molecule has 1 atom stereocenters. The molecule has 1 amide bonds. The lowest BCUT2D eigenvalue weighted by atomic mass is 10.1. The number of nitrogens with one attached hydrogen (secondary N) is 1. The second-order valence-corrected chi connectivity index (χ2v) is 6.43. The highest BCUT2D eigenvalue weighted by atomic mass is 32.2. The van der Waals surface area contributed by atoms with Crippen molar-refractivity contribution in [2.45, 2.75) is 12.7 Å². The molecule has 0 heterocycles. The van der Waals surface area contributed by atoms with Gasteiger partial charge >= 0.3 is 0 Å². The van der Waals surface area contributed by atoms with Gasteiger partial charge in [-0.2, -0.15) is 0 Å². The summed E-state index contributed by atoms with van der Waals surface area (Å²) < 4.78 is 16.5. The van der Waals surface area contributed by atoms with Crippen molar-refractivity contribution in [1.29, 1.82) is 0 Å². The number of anilines is 1. The molecule has 2 rings (SSSR count). The van der Waals surface area contributed by atoms with Crippen LogP contribution >= 0.6 is 0 Å². The standard InChI is InChI=1S/C17H19NO3S/c1-12-14(11-22(3)20)7-5-9-16(12)18-17(19)13-6-4-8-15(10-13)21-2/h4-10H,11H2,1-3H3,(H,18,19). The zero-order valence-electron chi connectivity index (χ0n) is 12.9. The molecule has 0 saturated heterocycles. The SMILES string of the molecule is COc1cccc(C(=O)Nc2cccc(CS(C)=O)c2C)c1. The Bertz CT molecular complexity index is 713. The molecule has 5 heteroatoms. The minimum atomic E-state index is -0.917. The number of methoxy groups -OCH3 is 1. The van der Waals surface area contributed by atoms with Gasteiger partial charge < -0.3 is 10.1 Å². The number of hydrogen-bond acceptors (Lipinski definition) is 3. The van der Waals surface area contributed by atoms with Crippen LogP contribution in [0.4, 0.5) is 5.69 Å². The molecular formula is C17H19NO3S. The zero-order valence-corrected chi connectivity index (χ0v) is 13.7. The van der Waals surface area contributed by atoms with E-state index in [1.54, 1.807) is 37.6 Å². The Morgan fingerprint density at radius 1 is 1.23 bits per heavy atom. The van der Waals surface area contributed by atoms with Gasteiger partial charge in [0.2, 0.25) is 0 Å². The van der Waals surface area contributed by atoms with Crippen molar-refractivity contribution in [2.75, 3.05) is 18.7 Å². The van der Waals surface area contributed by atoms with E-state index >= 15 is 0 Å². The van der Waals surface area contributed by atoms with E-state index in [1.807, 2.05) is 25.1 Å². The molecule has 0 aliphatic rings. The summed E-state index contributed by atoms with van der Waals surface area (Å²) in [4.78, 5) is 12.3. The highest BCUT2D eigenvalue weighted by molar-refractivity contribution is 7.83. The lowest BCUT2D eigenvalue weighted by Gasteiger charge is -2.12. The minimum absolute atomic E-state index is 0.197. The Hall–Kier alpha value is -2.14. The van der Waals surface area contributed by atoms with E-state index in [0.717, 1.165) is 16.8 Å². The van der Waals surface area contributed by atoms with E-state index in [4.69, 9.17) is 4.74 Å². The third-order valence-electron chi connectivity index (χ3n) is 3.38. The molecule has 0 aliphatic heterocycles. The molecule has 4 nitrogen and oxygen atoms in total. The highest BCUT2D eigenvalue weighted by Gasteiger charge is 2.11. The van der Waals surface area contributed by atoms with Crippen molar-refractivity contribution in [2.24, 2.45) is 0 Å². The van der Waals surface area contributed by atoms with Crippen molar-refractivity contribution >= 4 is 22.4 Å². The van der Waals surface area contributed by atoms with Crippen LogP contribution < -0.4 is 10.1 Å². The first-order valence-corrected chi connectivity index (χ1v) is 8.58. The number of benzene rings is 2. The average Bonchev–Trinajstić information content (AvgIpc) is 2.51. The van der Waals surface area contributed by atoms with Crippen molar-refractivity contribution in [1.82, 2.24) is 0 Å². The van der Waals surface area contributed by atoms with Gasteiger partial charge in [0, 0.05) is 34.1 Å². The van der Waals surface area contributed by atoms with Crippen LogP contribution in [-0.4, -0.2) is 23.5 Å². The molecule has 0 aliphatic carbocycles. The molecular weight excluding hydrogens is 298 g/mol. The fourth-order valence-corrected chi connectivity index (χ4v) is 2.90. The third kappa shape index (κ3) is 3.95. The molecule has 0 spiro atoms. The summed E-state index contributed by atoms with van der Waals surface area (Å²) in [6.07, 6.45) is 1.67. The van der Waals surface area contributed by atoms with E-state index in [9.17, 15) is 9.00 Å². The number of carbonyl (C=O) groups is 1. The molecule has 1 unspecified atom stereocenters. The molecule has 0 radical (unpaired) electrons. The van der Waals surface area contributed by atoms with E-state index in [1.165, 1.54) is 0 Å². The quantitative estimate of drug-likeness (QED) is 0.922. The fraction of sp³-hybridized carbons (Fsp3) is 0.235. The Balaban J connectivity index is 2.22. The van der Waals surface area contributed by atoms with Gasteiger partial charge in [-0.15, -0.1) is 0 Å². The molecule has 0 bridgehead atoms. The van der Waals surface area contributed by atoms with E-state index in [2.05, 4.69) is 5.32 Å². The van der Waals surface area contributed by atoms with Crippen LogP contribution in [0.2, 0.25) is 0 Å². The topological polar surface area (TPSA) is 55.4 Å². The van der Waals surface area contributed by atoms with Crippen LogP contribution in [0.5, 0.6) is 5.75 Å². The third-order valence-corrected chi connectivity index (χ3v) is 4.10. The van der Waals surface area contributed by atoms with Gasteiger partial charge in [-0.3, -0.25) is 9.00 Å². The van der Waals surface area contributed by atoms with Crippen molar-refractivity contribution in [3.8, 4) is 5.75 Å². The van der Waals surface area contributed by atoms with E-state index < -0.39 is 10.8 Å². The monoisotopic (exact) mass is 317 g/mol. The maximum atomic E-state index is 12.3. The number of amides is 1. The van der Waals surface area contributed by atoms with Crippen LogP contribution in [0.1, 0.15) is 21.5 Å². The summed E-state index contributed by atoms with van der Waals surface area (Å²) in [5, 5.41) is 2.90. The lowest BCUT2D eigenvalue weighted by Crippen LogP contribution is -2.13. The first kappa shape index (κ1) is 16.2. The molecule has 2 aromatic rings. The summed E-state index contributed by atoms with van der Waals surface area (Å²) >= 11 is 0. The summed E-state index contributed by atoms with van der Waals surface area (Å²) in [6.45, 7) is 1.92. The fourth-order valence-electron chi connectivity index (χ4n) is 2.15. The summed E-state index contributed by atoms with van der Waals surface area (Å²) in [7, 11) is 0.648. The predicted octanol–water partition coefficient (Wildman–Crippen LogP) is 3.13. The molecule has 22 heavy (non-hydrogen) atoms. The largest absolute Gasteiger partial charge is 0.497 e. The summed E-state index contributed by atoms with van der Waals surface area (Å²) in [5.74, 6) is 0.922. The maximum Gasteiger partial charge on any atom is 0.255 e.